The highest BCUT2D eigenvalue weighted by Gasteiger charge is 2.36. The third kappa shape index (κ3) is 2.29. The van der Waals surface area contributed by atoms with Crippen molar-refractivity contribution in [2.75, 3.05) is 7.11 Å². The lowest BCUT2D eigenvalue weighted by Crippen LogP contribution is -2.47. The van der Waals surface area contributed by atoms with Gasteiger partial charge in [0.2, 0.25) is 0 Å². The van der Waals surface area contributed by atoms with Crippen LogP contribution in [0.15, 0.2) is 17.8 Å². The van der Waals surface area contributed by atoms with Crippen LogP contribution in [0.25, 0.3) is 4.96 Å². The van der Waals surface area contributed by atoms with Gasteiger partial charge in [-0.25, -0.2) is 4.98 Å². The van der Waals surface area contributed by atoms with Crippen molar-refractivity contribution in [3.8, 4) is 0 Å². The molecule has 2 aromatic heterocycles. The van der Waals surface area contributed by atoms with E-state index >= 15 is 0 Å². The summed E-state index contributed by atoms with van der Waals surface area (Å²) in [7, 11) is 1.76. The number of nitrogens with zero attached hydrogens (tertiary/aromatic N) is 2. The largest absolute Gasteiger partial charge is 0.379 e. The maximum Gasteiger partial charge on any atom is 0.193 e. The summed E-state index contributed by atoms with van der Waals surface area (Å²) < 4.78 is 7.63. The number of fused-ring (bicyclic) bond motifs is 1. The zero-order valence-corrected chi connectivity index (χ0v) is 11.2. The Balaban J connectivity index is 1.74. The van der Waals surface area contributed by atoms with Gasteiger partial charge in [0.15, 0.2) is 4.96 Å². The molecule has 18 heavy (non-hydrogen) atoms. The van der Waals surface area contributed by atoms with Crippen LogP contribution >= 0.6 is 11.3 Å². The minimum absolute atomic E-state index is 0.132. The quantitative estimate of drug-likeness (QED) is 0.609. The number of aromatic nitrogens is 2. The van der Waals surface area contributed by atoms with Gasteiger partial charge in [0.1, 0.15) is 0 Å². The Morgan fingerprint density at radius 2 is 2.50 bits per heavy atom. The lowest BCUT2D eigenvalue weighted by molar-refractivity contribution is 0.0508. The first kappa shape index (κ1) is 12.1. The van der Waals surface area contributed by atoms with Crippen LogP contribution in [0.1, 0.15) is 18.5 Å². The lowest BCUT2D eigenvalue weighted by Gasteiger charge is -2.24. The number of nitrogens with two attached hydrogens (primary N) is 1. The number of hydrazine groups is 1. The second-order valence-corrected chi connectivity index (χ2v) is 5.71. The molecule has 6 heteroatoms. The zero-order chi connectivity index (χ0) is 12.5. The van der Waals surface area contributed by atoms with E-state index in [0.717, 1.165) is 17.1 Å². The third-order valence-corrected chi connectivity index (χ3v) is 4.31. The Bertz CT molecular complexity index is 490. The standard InChI is InChI=1S/C12H18N4OS/c1-17-11(8-2-3-8)10(15-13)6-9-7-16-4-5-18-12(16)14-9/h4-5,7-8,10-11,15H,2-3,6,13H2,1H3. The predicted molar refractivity (Wildman–Crippen MR) is 71.4 cm³/mol. The first-order chi connectivity index (χ1) is 8.81. The van der Waals surface area contributed by atoms with Crippen LogP contribution in [-0.4, -0.2) is 28.6 Å². The summed E-state index contributed by atoms with van der Waals surface area (Å²) in [6.45, 7) is 0. The van der Waals surface area contributed by atoms with E-state index in [1.807, 2.05) is 16.0 Å². The number of rotatable bonds is 6. The summed E-state index contributed by atoms with van der Waals surface area (Å²) in [4.78, 5) is 5.62. The average molecular weight is 266 g/mol. The van der Waals surface area contributed by atoms with E-state index in [-0.39, 0.29) is 12.1 Å². The highest BCUT2D eigenvalue weighted by Crippen LogP contribution is 2.36. The molecule has 2 heterocycles. The summed E-state index contributed by atoms with van der Waals surface area (Å²) in [6.07, 6.45) is 7.57. The highest BCUT2D eigenvalue weighted by molar-refractivity contribution is 7.15. The van der Waals surface area contributed by atoms with Crippen molar-refractivity contribution < 1.29 is 4.74 Å². The van der Waals surface area contributed by atoms with Crippen molar-refractivity contribution in [2.24, 2.45) is 11.8 Å². The van der Waals surface area contributed by atoms with Crippen LogP contribution in [-0.2, 0) is 11.2 Å². The van der Waals surface area contributed by atoms with E-state index in [1.165, 1.54) is 12.8 Å². The van der Waals surface area contributed by atoms with Crippen molar-refractivity contribution in [3.63, 3.8) is 0 Å². The molecule has 0 aliphatic heterocycles. The van der Waals surface area contributed by atoms with E-state index in [1.54, 1.807) is 18.4 Å². The van der Waals surface area contributed by atoms with Gasteiger partial charge in [0.05, 0.1) is 17.8 Å². The molecule has 2 atom stereocenters. The molecule has 5 nitrogen and oxygen atoms in total. The predicted octanol–water partition coefficient (Wildman–Crippen LogP) is 1.20. The molecule has 1 saturated carbocycles. The number of hydrogen-bond donors (Lipinski definition) is 2. The normalized spacial score (nSPS) is 19.2. The van der Waals surface area contributed by atoms with Crippen molar-refractivity contribution in [3.05, 3.63) is 23.5 Å². The number of nitrogens with one attached hydrogen (secondary N) is 1. The number of hydrogen-bond acceptors (Lipinski definition) is 5. The van der Waals surface area contributed by atoms with Gasteiger partial charge in [0.25, 0.3) is 0 Å². The van der Waals surface area contributed by atoms with Gasteiger partial charge < -0.3 is 4.74 Å². The number of methoxy groups -OCH3 is 1. The van der Waals surface area contributed by atoms with Gasteiger partial charge in [0, 0.05) is 31.3 Å². The van der Waals surface area contributed by atoms with Crippen LogP contribution in [0.3, 0.4) is 0 Å². The Labute approximate surface area is 110 Å². The molecule has 0 bridgehead atoms. The van der Waals surface area contributed by atoms with Gasteiger partial charge in [-0.2, -0.15) is 0 Å². The molecule has 3 N–H and O–H groups in total. The molecule has 1 fully saturated rings. The smallest absolute Gasteiger partial charge is 0.193 e. The fraction of sp³-hybridized carbons (Fsp3) is 0.583. The molecule has 0 spiro atoms. The van der Waals surface area contributed by atoms with Crippen LogP contribution in [0.2, 0.25) is 0 Å². The molecule has 3 rings (SSSR count). The molecule has 98 valence electrons. The van der Waals surface area contributed by atoms with Gasteiger partial charge >= 0.3 is 0 Å². The molecule has 0 aromatic carbocycles. The number of ether oxygens (including phenoxy) is 1. The summed E-state index contributed by atoms with van der Waals surface area (Å²) in [5, 5.41) is 2.03. The Morgan fingerprint density at radius 3 is 3.11 bits per heavy atom. The average Bonchev–Trinajstić information content (AvgIpc) is 2.98. The summed E-state index contributed by atoms with van der Waals surface area (Å²) in [5.74, 6) is 6.32. The Morgan fingerprint density at radius 1 is 1.67 bits per heavy atom. The van der Waals surface area contributed by atoms with Crippen molar-refractivity contribution in [2.45, 2.75) is 31.4 Å². The minimum Gasteiger partial charge on any atom is -0.379 e. The SMILES string of the molecule is COC(C1CC1)C(Cc1cn2ccsc2n1)NN. The molecule has 0 saturated heterocycles. The molecule has 1 aliphatic rings. The fourth-order valence-electron chi connectivity index (χ4n) is 2.48. The summed E-state index contributed by atoms with van der Waals surface area (Å²) in [6, 6.07) is 0.132. The van der Waals surface area contributed by atoms with Crippen molar-refractivity contribution >= 4 is 16.3 Å². The van der Waals surface area contributed by atoms with E-state index in [9.17, 15) is 0 Å². The maximum atomic E-state index is 5.67. The summed E-state index contributed by atoms with van der Waals surface area (Å²) >= 11 is 1.64. The summed E-state index contributed by atoms with van der Waals surface area (Å²) in [5.41, 5.74) is 3.95. The van der Waals surface area contributed by atoms with Crippen molar-refractivity contribution in [1.82, 2.24) is 14.8 Å². The van der Waals surface area contributed by atoms with Crippen LogP contribution < -0.4 is 11.3 Å². The van der Waals surface area contributed by atoms with E-state index in [2.05, 4.69) is 16.6 Å². The lowest BCUT2D eigenvalue weighted by atomic mass is 10.0. The minimum atomic E-state index is 0.132. The zero-order valence-electron chi connectivity index (χ0n) is 10.4. The first-order valence-electron chi connectivity index (χ1n) is 6.22. The van der Waals surface area contributed by atoms with Gasteiger partial charge in [-0.05, 0) is 18.8 Å². The van der Waals surface area contributed by atoms with Crippen molar-refractivity contribution in [1.29, 1.82) is 0 Å². The Kier molecular flexibility index (Phi) is 3.34. The van der Waals surface area contributed by atoms with E-state index in [4.69, 9.17) is 10.6 Å². The van der Waals surface area contributed by atoms with Gasteiger partial charge in [-0.3, -0.25) is 15.7 Å². The molecular weight excluding hydrogens is 248 g/mol. The Hall–Kier alpha value is -0.950. The maximum absolute atomic E-state index is 5.67. The van der Waals surface area contributed by atoms with E-state index < -0.39 is 0 Å². The fourth-order valence-corrected chi connectivity index (χ4v) is 3.20. The van der Waals surface area contributed by atoms with E-state index in [0.29, 0.717) is 5.92 Å². The number of thiazole rings is 1. The molecule has 1 aliphatic carbocycles. The topological polar surface area (TPSA) is 64.6 Å². The van der Waals surface area contributed by atoms with Crippen LogP contribution in [0.4, 0.5) is 0 Å². The van der Waals surface area contributed by atoms with Gasteiger partial charge in [-0.15, -0.1) is 11.3 Å². The van der Waals surface area contributed by atoms with Gasteiger partial charge in [-0.1, -0.05) is 0 Å². The molecular formula is C12H18N4OS. The molecule has 2 unspecified atom stereocenters. The molecule has 2 aromatic rings. The first-order valence-corrected chi connectivity index (χ1v) is 7.09. The second kappa shape index (κ2) is 4.97. The molecule has 0 amide bonds. The monoisotopic (exact) mass is 266 g/mol. The van der Waals surface area contributed by atoms with Crippen LogP contribution in [0.5, 0.6) is 0 Å². The second-order valence-electron chi connectivity index (χ2n) is 4.84. The number of imidazole rings is 1. The third-order valence-electron chi connectivity index (χ3n) is 3.54. The van der Waals surface area contributed by atoms with Crippen LogP contribution in [0, 0.1) is 5.92 Å². The molecule has 0 radical (unpaired) electrons. The highest BCUT2D eigenvalue weighted by atomic mass is 32.1.